The molecule has 2 aromatic carbocycles. The molecule has 0 radical (unpaired) electrons. The summed E-state index contributed by atoms with van der Waals surface area (Å²) in [5.41, 5.74) is 1.80. The molecule has 0 fully saturated rings. The van der Waals surface area contributed by atoms with Crippen molar-refractivity contribution in [1.82, 2.24) is 10.2 Å². The van der Waals surface area contributed by atoms with Gasteiger partial charge in [0.05, 0.1) is 6.61 Å². The van der Waals surface area contributed by atoms with Crippen LogP contribution >= 0.6 is 23.2 Å². The third-order valence-electron chi connectivity index (χ3n) is 5.60. The Bertz CT molecular complexity index is 898. The largest absolute Gasteiger partial charge is 0.494 e. The lowest BCUT2D eigenvalue weighted by Gasteiger charge is -2.32. The quantitative estimate of drug-likeness (QED) is 0.359. The van der Waals surface area contributed by atoms with Crippen LogP contribution < -0.4 is 10.1 Å². The molecule has 0 spiro atoms. The van der Waals surface area contributed by atoms with Crippen LogP contribution in [0.2, 0.25) is 10.0 Å². The van der Waals surface area contributed by atoms with Gasteiger partial charge in [-0.1, -0.05) is 60.8 Å². The van der Waals surface area contributed by atoms with Crippen LogP contribution in [-0.2, 0) is 16.1 Å². The number of halogens is 2. The number of hydrogen-bond acceptors (Lipinski definition) is 3. The number of hydrogen-bond donors (Lipinski definition) is 1. The van der Waals surface area contributed by atoms with E-state index in [1.54, 1.807) is 23.1 Å². The molecule has 2 atom stereocenters. The summed E-state index contributed by atoms with van der Waals surface area (Å²) in [6.07, 6.45) is 2.07. The zero-order valence-corrected chi connectivity index (χ0v) is 21.4. The summed E-state index contributed by atoms with van der Waals surface area (Å²) in [5.74, 6) is 0.469. The van der Waals surface area contributed by atoms with Crippen molar-refractivity contribution in [3.63, 3.8) is 0 Å². The van der Waals surface area contributed by atoms with Crippen LogP contribution in [0.25, 0.3) is 0 Å². The molecule has 180 valence electrons. The van der Waals surface area contributed by atoms with Gasteiger partial charge in [-0.15, -0.1) is 0 Å². The molecule has 0 aliphatic carbocycles. The Morgan fingerprint density at radius 3 is 2.24 bits per heavy atom. The number of nitrogens with one attached hydrogen (secondary N) is 1. The van der Waals surface area contributed by atoms with E-state index in [1.165, 1.54) is 0 Å². The van der Waals surface area contributed by atoms with Gasteiger partial charge in [0, 0.05) is 34.6 Å². The van der Waals surface area contributed by atoms with Crippen LogP contribution in [0.1, 0.15) is 57.6 Å². The Labute approximate surface area is 207 Å². The van der Waals surface area contributed by atoms with Gasteiger partial charge < -0.3 is 15.0 Å². The molecule has 0 saturated heterocycles. The van der Waals surface area contributed by atoms with Gasteiger partial charge in [-0.25, -0.2) is 0 Å². The van der Waals surface area contributed by atoms with Gasteiger partial charge in [-0.2, -0.15) is 0 Å². The molecule has 7 heteroatoms. The highest BCUT2D eigenvalue weighted by Crippen LogP contribution is 2.27. The van der Waals surface area contributed by atoms with E-state index in [4.69, 9.17) is 27.9 Å². The Kier molecular flexibility index (Phi) is 11.0. The van der Waals surface area contributed by atoms with Gasteiger partial charge in [0.1, 0.15) is 11.8 Å². The highest BCUT2D eigenvalue weighted by molar-refractivity contribution is 6.36. The van der Waals surface area contributed by atoms with Crippen molar-refractivity contribution < 1.29 is 14.3 Å². The van der Waals surface area contributed by atoms with Crippen molar-refractivity contribution >= 4 is 35.0 Å². The molecule has 2 aromatic rings. The van der Waals surface area contributed by atoms with Gasteiger partial charge in [-0.05, 0) is 57.4 Å². The van der Waals surface area contributed by atoms with Gasteiger partial charge >= 0.3 is 0 Å². The van der Waals surface area contributed by atoms with Crippen LogP contribution in [0.15, 0.2) is 42.5 Å². The molecule has 0 aliphatic heterocycles. The lowest BCUT2D eigenvalue weighted by atomic mass is 10.1. The molecule has 1 N–H and O–H groups in total. The monoisotopic (exact) mass is 492 g/mol. The molecule has 0 saturated carbocycles. The lowest BCUT2D eigenvalue weighted by Crippen LogP contribution is -2.50. The van der Waals surface area contributed by atoms with Gasteiger partial charge in [0.25, 0.3) is 0 Å². The van der Waals surface area contributed by atoms with Gasteiger partial charge in [0.2, 0.25) is 11.8 Å². The zero-order valence-electron chi connectivity index (χ0n) is 19.9. The molecular weight excluding hydrogens is 459 g/mol. The molecule has 0 aromatic heterocycles. The predicted octanol–water partition coefficient (Wildman–Crippen LogP) is 6.18. The van der Waals surface area contributed by atoms with Crippen molar-refractivity contribution in [3.8, 4) is 5.75 Å². The van der Waals surface area contributed by atoms with Crippen LogP contribution in [0.3, 0.4) is 0 Å². The van der Waals surface area contributed by atoms with E-state index in [0.29, 0.717) is 35.1 Å². The van der Waals surface area contributed by atoms with Gasteiger partial charge in [0.15, 0.2) is 0 Å². The van der Waals surface area contributed by atoms with Crippen molar-refractivity contribution in [3.05, 3.63) is 63.6 Å². The third kappa shape index (κ3) is 8.24. The molecule has 5 nitrogen and oxygen atoms in total. The molecule has 2 amide bonds. The van der Waals surface area contributed by atoms with Crippen molar-refractivity contribution in [2.45, 2.75) is 72.0 Å². The average Bonchev–Trinajstić information content (AvgIpc) is 2.79. The smallest absolute Gasteiger partial charge is 0.243 e. The summed E-state index contributed by atoms with van der Waals surface area (Å²) in [4.78, 5) is 27.9. The molecular formula is C26H34Cl2N2O3. The average molecular weight is 493 g/mol. The lowest BCUT2D eigenvalue weighted by molar-refractivity contribution is -0.141. The summed E-state index contributed by atoms with van der Waals surface area (Å²) in [6.45, 7) is 8.45. The second-order valence-electron chi connectivity index (χ2n) is 8.23. The van der Waals surface area contributed by atoms with E-state index in [1.807, 2.05) is 52.0 Å². The molecule has 0 bridgehead atoms. The minimum absolute atomic E-state index is 0.0234. The predicted molar refractivity (Wildman–Crippen MR) is 135 cm³/mol. The molecule has 0 unspecified atom stereocenters. The second-order valence-corrected chi connectivity index (χ2v) is 9.04. The SMILES string of the molecule is CC[C@@H](C)NC(=O)[C@H](CC)N(Cc1c(Cl)cccc1Cl)C(=O)CCCOc1ccc(C)cc1. The number of amides is 2. The first-order valence-corrected chi connectivity index (χ1v) is 12.2. The standard InChI is InChI=1S/C26H34Cl2N2O3/c1-5-19(4)29-26(32)24(6-2)30(17-21-22(27)9-7-10-23(21)28)25(31)11-8-16-33-20-14-12-18(3)13-15-20/h7,9-10,12-15,19,24H,5-6,8,11,16-17H2,1-4H3,(H,29,32)/t19-,24+/m1/s1. The van der Waals surface area contributed by atoms with Crippen LogP contribution in [-0.4, -0.2) is 35.4 Å². The van der Waals surface area contributed by atoms with Crippen molar-refractivity contribution in [2.24, 2.45) is 0 Å². The number of benzene rings is 2. The summed E-state index contributed by atoms with van der Waals surface area (Å²) in [7, 11) is 0. The van der Waals surface area contributed by atoms with E-state index >= 15 is 0 Å². The second kappa shape index (κ2) is 13.5. The first-order valence-electron chi connectivity index (χ1n) is 11.5. The number of carbonyl (C=O) groups is 2. The molecule has 0 heterocycles. The van der Waals surface area contributed by atoms with Crippen LogP contribution in [0, 0.1) is 6.92 Å². The maximum absolute atomic E-state index is 13.3. The van der Waals surface area contributed by atoms with Crippen molar-refractivity contribution in [1.29, 1.82) is 0 Å². The minimum Gasteiger partial charge on any atom is -0.494 e. The summed E-state index contributed by atoms with van der Waals surface area (Å²) in [6, 6.07) is 12.4. The fourth-order valence-corrected chi connectivity index (χ4v) is 3.92. The van der Waals surface area contributed by atoms with E-state index in [2.05, 4.69) is 5.32 Å². The van der Waals surface area contributed by atoms with Gasteiger partial charge in [-0.3, -0.25) is 9.59 Å². The first kappa shape index (κ1) is 27.0. The number of rotatable bonds is 12. The Morgan fingerprint density at radius 2 is 1.67 bits per heavy atom. The van der Waals surface area contributed by atoms with Crippen LogP contribution in [0.5, 0.6) is 5.75 Å². The normalized spacial score (nSPS) is 12.7. The highest BCUT2D eigenvalue weighted by atomic mass is 35.5. The number of nitrogens with zero attached hydrogens (tertiary/aromatic N) is 1. The number of carbonyl (C=O) groups excluding carboxylic acids is 2. The molecule has 0 aliphatic rings. The number of ether oxygens (including phenoxy) is 1. The Morgan fingerprint density at radius 1 is 1.03 bits per heavy atom. The summed E-state index contributed by atoms with van der Waals surface area (Å²) >= 11 is 12.8. The number of aryl methyl sites for hydroxylation is 1. The molecule has 2 rings (SSSR count). The first-order chi connectivity index (χ1) is 15.8. The topological polar surface area (TPSA) is 58.6 Å². The van der Waals surface area contributed by atoms with E-state index < -0.39 is 6.04 Å². The fraction of sp³-hybridized carbons (Fsp3) is 0.462. The third-order valence-corrected chi connectivity index (χ3v) is 6.31. The van der Waals surface area contributed by atoms with Crippen LogP contribution in [0.4, 0.5) is 0 Å². The summed E-state index contributed by atoms with van der Waals surface area (Å²) in [5, 5.41) is 3.95. The minimum atomic E-state index is -0.614. The van der Waals surface area contributed by atoms with E-state index in [9.17, 15) is 9.59 Å². The highest BCUT2D eigenvalue weighted by Gasteiger charge is 2.30. The maximum atomic E-state index is 13.3. The molecule has 33 heavy (non-hydrogen) atoms. The fourth-order valence-electron chi connectivity index (χ4n) is 3.41. The Balaban J connectivity index is 2.13. The maximum Gasteiger partial charge on any atom is 0.243 e. The summed E-state index contributed by atoms with van der Waals surface area (Å²) < 4.78 is 5.76. The van der Waals surface area contributed by atoms with E-state index in [0.717, 1.165) is 17.7 Å². The van der Waals surface area contributed by atoms with E-state index in [-0.39, 0.29) is 30.8 Å². The zero-order chi connectivity index (χ0) is 24.4. The Hall–Kier alpha value is -2.24. The van der Waals surface area contributed by atoms with Crippen molar-refractivity contribution in [2.75, 3.05) is 6.61 Å².